The highest BCUT2D eigenvalue weighted by molar-refractivity contribution is 8.04. The van der Waals surface area contributed by atoms with Gasteiger partial charge < -0.3 is 20.9 Å². The summed E-state index contributed by atoms with van der Waals surface area (Å²) in [5, 5.41) is 18.3. The Labute approximate surface area is 201 Å². The third kappa shape index (κ3) is 7.57. The number of allylic oxidation sites excluding steroid dienone is 1. The molecule has 33 heavy (non-hydrogen) atoms. The van der Waals surface area contributed by atoms with Crippen LogP contribution in [0.4, 0.5) is 11.6 Å². The van der Waals surface area contributed by atoms with Crippen molar-refractivity contribution in [1.29, 1.82) is 5.41 Å². The van der Waals surface area contributed by atoms with Crippen molar-refractivity contribution in [3.05, 3.63) is 28.8 Å². The monoisotopic (exact) mass is 471 g/mol. The minimum Gasteiger partial charge on any atom is -0.373 e. The van der Waals surface area contributed by atoms with E-state index in [1.165, 1.54) is 37.4 Å². The molecular formula is C24H37N7OS. The zero-order valence-corrected chi connectivity index (χ0v) is 20.5. The Morgan fingerprint density at radius 2 is 2.03 bits per heavy atom. The third-order valence-electron chi connectivity index (χ3n) is 6.18. The van der Waals surface area contributed by atoms with Gasteiger partial charge in [-0.15, -0.1) is 11.8 Å². The fourth-order valence-corrected chi connectivity index (χ4v) is 5.04. The molecule has 180 valence electrons. The van der Waals surface area contributed by atoms with Crippen LogP contribution >= 0.6 is 11.8 Å². The summed E-state index contributed by atoms with van der Waals surface area (Å²) in [5.74, 6) is 2.35. The fourth-order valence-electron chi connectivity index (χ4n) is 4.25. The van der Waals surface area contributed by atoms with Crippen molar-refractivity contribution >= 4 is 41.7 Å². The van der Waals surface area contributed by atoms with E-state index in [0.29, 0.717) is 28.7 Å². The van der Waals surface area contributed by atoms with E-state index in [1.807, 2.05) is 19.2 Å². The maximum absolute atomic E-state index is 12.4. The van der Waals surface area contributed by atoms with Gasteiger partial charge in [0.05, 0.1) is 16.4 Å². The van der Waals surface area contributed by atoms with E-state index in [0.717, 1.165) is 44.8 Å². The van der Waals surface area contributed by atoms with Gasteiger partial charge in [-0.3, -0.25) is 15.2 Å². The molecule has 0 radical (unpaired) electrons. The number of aliphatic imine (C=N–C) groups is 1. The van der Waals surface area contributed by atoms with Gasteiger partial charge in [0.1, 0.15) is 11.6 Å². The van der Waals surface area contributed by atoms with Crippen molar-refractivity contribution in [2.75, 3.05) is 55.7 Å². The van der Waals surface area contributed by atoms with Crippen LogP contribution < -0.4 is 20.9 Å². The molecule has 0 aromatic carbocycles. The van der Waals surface area contributed by atoms with E-state index < -0.39 is 0 Å². The summed E-state index contributed by atoms with van der Waals surface area (Å²) in [4.78, 5) is 24.0. The predicted molar refractivity (Wildman–Crippen MR) is 140 cm³/mol. The number of hydrogen-bond acceptors (Lipinski definition) is 8. The Bertz CT molecular complexity index is 843. The Kier molecular flexibility index (Phi) is 10.2. The summed E-state index contributed by atoms with van der Waals surface area (Å²) < 4.78 is 0. The molecule has 2 saturated heterocycles. The minimum absolute atomic E-state index is 0.0234. The first kappa shape index (κ1) is 25.2. The van der Waals surface area contributed by atoms with Gasteiger partial charge in [0.2, 0.25) is 5.91 Å². The van der Waals surface area contributed by atoms with Crippen LogP contribution in [0.1, 0.15) is 44.1 Å². The fraction of sp³-hybridized carbons (Fsp3) is 0.583. The summed E-state index contributed by atoms with van der Waals surface area (Å²) in [6.45, 7) is 8.32. The second-order valence-corrected chi connectivity index (χ2v) is 9.57. The van der Waals surface area contributed by atoms with Crippen molar-refractivity contribution in [1.82, 2.24) is 15.6 Å². The molecule has 1 aromatic rings. The molecule has 0 saturated carbocycles. The normalized spacial score (nSPS) is 17.8. The van der Waals surface area contributed by atoms with E-state index in [4.69, 9.17) is 10.4 Å². The summed E-state index contributed by atoms with van der Waals surface area (Å²) >= 11 is 1.31. The van der Waals surface area contributed by atoms with Crippen LogP contribution in [0.15, 0.2) is 28.2 Å². The standard InChI is InChI=1S/C24H37N7OS/c1-26-16-20(33-17-22(32)29-15-18-9-11-28-12-10-18)23(25)19-7-8-21(30-24(19)27-2)31-13-5-3-4-6-14-31/h7-8,16,18,25,28H,1,3-6,9-15,17H2,2H3,(H,27,30)(H,29,32)/b20-16-,25-23?. The van der Waals surface area contributed by atoms with Crippen LogP contribution in [0.3, 0.4) is 0 Å². The van der Waals surface area contributed by atoms with Gasteiger partial charge >= 0.3 is 0 Å². The van der Waals surface area contributed by atoms with Gasteiger partial charge in [0, 0.05) is 38.4 Å². The molecular weight excluding hydrogens is 434 g/mol. The lowest BCUT2D eigenvalue weighted by molar-refractivity contribution is -0.118. The topological polar surface area (TPSA) is 106 Å². The molecule has 2 aliphatic heterocycles. The molecule has 0 aliphatic carbocycles. The minimum atomic E-state index is -0.0234. The molecule has 1 aromatic heterocycles. The van der Waals surface area contributed by atoms with Crippen LogP contribution in [-0.4, -0.2) is 68.8 Å². The average molecular weight is 472 g/mol. The molecule has 0 spiro atoms. The average Bonchev–Trinajstić information content (AvgIpc) is 3.15. The molecule has 0 bridgehead atoms. The largest absolute Gasteiger partial charge is 0.373 e. The zero-order chi connectivity index (χ0) is 23.5. The lowest BCUT2D eigenvalue weighted by atomic mass is 9.98. The van der Waals surface area contributed by atoms with Gasteiger partial charge in [-0.25, -0.2) is 4.98 Å². The van der Waals surface area contributed by atoms with Crippen molar-refractivity contribution in [2.24, 2.45) is 10.9 Å². The van der Waals surface area contributed by atoms with Crippen LogP contribution in [-0.2, 0) is 4.79 Å². The smallest absolute Gasteiger partial charge is 0.230 e. The number of nitrogens with zero attached hydrogens (tertiary/aromatic N) is 3. The van der Waals surface area contributed by atoms with Gasteiger partial charge in [0.15, 0.2) is 0 Å². The molecule has 2 fully saturated rings. The molecule has 3 heterocycles. The molecule has 2 aliphatic rings. The second-order valence-electron chi connectivity index (χ2n) is 8.55. The number of rotatable bonds is 10. The maximum Gasteiger partial charge on any atom is 0.230 e. The van der Waals surface area contributed by atoms with Crippen LogP contribution in [0, 0.1) is 11.3 Å². The summed E-state index contributed by atoms with van der Waals surface area (Å²) in [6.07, 6.45) is 8.64. The number of amides is 1. The van der Waals surface area contributed by atoms with Crippen molar-refractivity contribution in [3.63, 3.8) is 0 Å². The van der Waals surface area contributed by atoms with Crippen molar-refractivity contribution in [2.45, 2.75) is 38.5 Å². The number of aromatic nitrogens is 1. The number of piperidine rings is 1. The predicted octanol–water partition coefficient (Wildman–Crippen LogP) is 3.26. The molecule has 0 unspecified atom stereocenters. The first-order chi connectivity index (χ1) is 16.1. The number of thioether (sulfide) groups is 1. The molecule has 0 atom stereocenters. The Morgan fingerprint density at radius 1 is 1.30 bits per heavy atom. The van der Waals surface area contributed by atoms with Crippen LogP contribution in [0.2, 0.25) is 0 Å². The van der Waals surface area contributed by atoms with E-state index in [2.05, 4.69) is 32.6 Å². The van der Waals surface area contributed by atoms with Gasteiger partial charge in [-0.05, 0) is 63.5 Å². The summed E-state index contributed by atoms with van der Waals surface area (Å²) in [7, 11) is 1.82. The Morgan fingerprint density at radius 3 is 2.70 bits per heavy atom. The Hall–Kier alpha value is -2.39. The second kappa shape index (κ2) is 13.3. The third-order valence-corrected chi connectivity index (χ3v) is 7.20. The number of carbonyl (C=O) groups is 1. The lowest BCUT2D eigenvalue weighted by Gasteiger charge is -2.23. The van der Waals surface area contributed by atoms with Crippen molar-refractivity contribution in [3.8, 4) is 0 Å². The molecule has 8 nitrogen and oxygen atoms in total. The first-order valence-electron chi connectivity index (χ1n) is 11.9. The van der Waals surface area contributed by atoms with Crippen LogP contribution in [0.5, 0.6) is 0 Å². The molecule has 4 N–H and O–H groups in total. The van der Waals surface area contributed by atoms with E-state index >= 15 is 0 Å². The van der Waals surface area contributed by atoms with E-state index in [-0.39, 0.29) is 17.4 Å². The number of nitrogens with one attached hydrogen (secondary N) is 4. The number of carbonyl (C=O) groups excluding carboxylic acids is 1. The first-order valence-corrected chi connectivity index (χ1v) is 12.9. The van der Waals surface area contributed by atoms with Gasteiger partial charge in [0.25, 0.3) is 0 Å². The maximum atomic E-state index is 12.4. The van der Waals surface area contributed by atoms with Gasteiger partial charge in [-0.2, -0.15) is 0 Å². The Balaban J connectivity index is 1.62. The van der Waals surface area contributed by atoms with Crippen LogP contribution in [0.25, 0.3) is 0 Å². The van der Waals surface area contributed by atoms with E-state index in [9.17, 15) is 4.79 Å². The van der Waals surface area contributed by atoms with Crippen molar-refractivity contribution < 1.29 is 4.79 Å². The van der Waals surface area contributed by atoms with Gasteiger partial charge in [-0.1, -0.05) is 12.8 Å². The molecule has 1 amide bonds. The SMILES string of the molecule is C=N/C=C(\SCC(=O)NCC1CCNCC1)C(=N)c1ccc(N2CCCCCC2)nc1NC. The highest BCUT2D eigenvalue weighted by Gasteiger charge is 2.19. The quantitative estimate of drug-likeness (QED) is 0.390. The zero-order valence-electron chi connectivity index (χ0n) is 19.7. The molecule has 9 heteroatoms. The summed E-state index contributed by atoms with van der Waals surface area (Å²) in [6, 6.07) is 3.93. The summed E-state index contributed by atoms with van der Waals surface area (Å²) in [5.41, 5.74) is 0.978. The number of hydrogen-bond donors (Lipinski definition) is 4. The number of pyridine rings is 1. The lowest BCUT2D eigenvalue weighted by Crippen LogP contribution is -2.36. The molecule has 3 rings (SSSR count). The number of anilines is 2. The van der Waals surface area contributed by atoms with E-state index in [1.54, 1.807) is 6.20 Å². The highest BCUT2D eigenvalue weighted by Crippen LogP contribution is 2.27. The highest BCUT2D eigenvalue weighted by atomic mass is 32.2.